The predicted molar refractivity (Wildman–Crippen MR) is 26.2 cm³/mol. The molecule has 0 aromatic carbocycles. The van der Waals surface area contributed by atoms with E-state index in [9.17, 15) is 0 Å². The number of hydrogen-bond donors (Lipinski definition) is 0. The Labute approximate surface area is 58.0 Å². The second-order valence-electron chi connectivity index (χ2n) is 1.47. The SMILES string of the molecule is CC1=[C-]CC=C1.[Re]. The van der Waals surface area contributed by atoms with Crippen molar-refractivity contribution in [2.45, 2.75) is 13.3 Å². The summed E-state index contributed by atoms with van der Waals surface area (Å²) in [7, 11) is 0. The Kier molecular flexibility index (Phi) is 3.25. The van der Waals surface area contributed by atoms with Gasteiger partial charge >= 0.3 is 0 Å². The van der Waals surface area contributed by atoms with Gasteiger partial charge < -0.3 is 0 Å². The molecule has 0 aliphatic heterocycles. The van der Waals surface area contributed by atoms with Crippen LogP contribution >= 0.6 is 0 Å². The molecule has 0 amide bonds. The fourth-order valence-corrected chi connectivity index (χ4v) is 0.515. The minimum absolute atomic E-state index is 0. The van der Waals surface area contributed by atoms with Crippen LogP contribution < -0.4 is 0 Å². The van der Waals surface area contributed by atoms with Gasteiger partial charge in [0.15, 0.2) is 0 Å². The van der Waals surface area contributed by atoms with Crippen molar-refractivity contribution in [3.8, 4) is 0 Å². The average Bonchev–Trinajstić information content (AvgIpc) is 1.86. The van der Waals surface area contributed by atoms with E-state index in [1.807, 2.05) is 0 Å². The summed E-state index contributed by atoms with van der Waals surface area (Å²) in [6.45, 7) is 2.06. The van der Waals surface area contributed by atoms with Gasteiger partial charge in [-0.15, -0.1) is 6.42 Å². The van der Waals surface area contributed by atoms with Crippen molar-refractivity contribution < 1.29 is 20.4 Å². The van der Waals surface area contributed by atoms with Crippen molar-refractivity contribution in [2.75, 3.05) is 0 Å². The molecule has 0 atom stereocenters. The number of hydrogen-bond acceptors (Lipinski definition) is 0. The van der Waals surface area contributed by atoms with Crippen LogP contribution in [0.3, 0.4) is 0 Å². The molecule has 1 radical (unpaired) electrons. The van der Waals surface area contributed by atoms with E-state index >= 15 is 0 Å². The van der Waals surface area contributed by atoms with Crippen LogP contribution in [0.1, 0.15) is 13.3 Å². The first-order valence-corrected chi connectivity index (χ1v) is 2.13. The molecule has 0 heterocycles. The van der Waals surface area contributed by atoms with E-state index in [1.54, 1.807) is 0 Å². The first kappa shape index (κ1) is 7.14. The zero-order valence-corrected chi connectivity index (χ0v) is 6.96. The first-order valence-electron chi connectivity index (χ1n) is 2.13. The van der Waals surface area contributed by atoms with Crippen molar-refractivity contribution in [1.82, 2.24) is 0 Å². The molecule has 1 aliphatic carbocycles. The standard InChI is InChI=1S/C6H7.Re/c1-6-4-2-3-5-6;/h2,4H,3H2,1H3;/q-1;. The molecule has 0 spiro atoms. The fourth-order valence-electron chi connectivity index (χ4n) is 0.515. The Morgan fingerprint density at radius 1 is 1.71 bits per heavy atom. The van der Waals surface area contributed by atoms with Crippen molar-refractivity contribution >= 4 is 0 Å². The molecule has 0 saturated carbocycles. The van der Waals surface area contributed by atoms with Gasteiger partial charge in [0.25, 0.3) is 0 Å². The average molecular weight is 265 g/mol. The maximum Gasteiger partial charge on any atom is 0 e. The number of allylic oxidation sites excluding steroid dienone is 4. The summed E-state index contributed by atoms with van der Waals surface area (Å²) in [5, 5.41) is 0. The van der Waals surface area contributed by atoms with E-state index in [2.05, 4.69) is 25.2 Å². The summed E-state index contributed by atoms with van der Waals surface area (Å²) in [5.41, 5.74) is 1.27. The van der Waals surface area contributed by atoms with Crippen LogP contribution in [0, 0.1) is 6.08 Å². The summed E-state index contributed by atoms with van der Waals surface area (Å²) in [6, 6.07) is 0. The smallest absolute Gasteiger partial charge is 0 e. The zero-order chi connectivity index (χ0) is 4.41. The molecule has 0 fully saturated rings. The Balaban J connectivity index is 0.000000360. The van der Waals surface area contributed by atoms with Crippen LogP contribution in [0.15, 0.2) is 17.7 Å². The Hall–Kier alpha value is 0.142. The topological polar surface area (TPSA) is 0 Å². The van der Waals surface area contributed by atoms with Gasteiger partial charge in [0.2, 0.25) is 0 Å². The Morgan fingerprint density at radius 3 is 2.57 bits per heavy atom. The molecule has 0 unspecified atom stereocenters. The van der Waals surface area contributed by atoms with Crippen LogP contribution in [-0.2, 0) is 20.4 Å². The summed E-state index contributed by atoms with van der Waals surface area (Å²) in [5.74, 6) is 0. The van der Waals surface area contributed by atoms with E-state index in [0.29, 0.717) is 0 Å². The van der Waals surface area contributed by atoms with Crippen LogP contribution in [-0.4, -0.2) is 0 Å². The summed E-state index contributed by atoms with van der Waals surface area (Å²) in [6.07, 6.45) is 8.33. The third-order valence-electron chi connectivity index (χ3n) is 0.867. The quantitative estimate of drug-likeness (QED) is 0.585. The third kappa shape index (κ3) is 2.07. The maximum atomic E-state index is 3.12. The molecule has 0 bridgehead atoms. The van der Waals surface area contributed by atoms with Gasteiger partial charge in [-0.25, -0.2) is 11.6 Å². The second-order valence-corrected chi connectivity index (χ2v) is 1.47. The Morgan fingerprint density at radius 2 is 2.43 bits per heavy atom. The van der Waals surface area contributed by atoms with Crippen LogP contribution in [0.2, 0.25) is 0 Å². The normalized spacial score (nSPS) is 15.9. The zero-order valence-electron chi connectivity index (χ0n) is 4.24. The monoisotopic (exact) mass is 266 g/mol. The van der Waals surface area contributed by atoms with E-state index in [1.165, 1.54) is 5.57 Å². The van der Waals surface area contributed by atoms with Gasteiger partial charge in [0.05, 0.1) is 0 Å². The largest absolute Gasteiger partial charge is 0.270 e. The minimum Gasteiger partial charge on any atom is -0.270 e. The van der Waals surface area contributed by atoms with E-state index < -0.39 is 0 Å². The molecular weight excluding hydrogens is 258 g/mol. The molecule has 0 aromatic heterocycles. The van der Waals surface area contributed by atoms with Gasteiger partial charge in [-0.3, -0.25) is 6.08 Å². The summed E-state index contributed by atoms with van der Waals surface area (Å²) >= 11 is 0. The van der Waals surface area contributed by atoms with E-state index in [4.69, 9.17) is 0 Å². The maximum absolute atomic E-state index is 3.12. The van der Waals surface area contributed by atoms with Gasteiger partial charge in [0, 0.05) is 20.4 Å². The second kappa shape index (κ2) is 3.18. The molecular formula is C6H7Re-. The Bertz CT molecular complexity index is 98.0. The van der Waals surface area contributed by atoms with Crippen molar-refractivity contribution in [2.24, 2.45) is 0 Å². The third-order valence-corrected chi connectivity index (χ3v) is 0.867. The number of rotatable bonds is 0. The van der Waals surface area contributed by atoms with Gasteiger partial charge in [0.1, 0.15) is 0 Å². The predicted octanol–water partition coefficient (Wildman–Crippen LogP) is 1.69. The molecule has 0 saturated heterocycles. The molecule has 7 heavy (non-hydrogen) atoms. The molecule has 0 N–H and O–H groups in total. The van der Waals surface area contributed by atoms with Crippen molar-refractivity contribution in [3.05, 3.63) is 23.8 Å². The molecule has 39 valence electrons. The van der Waals surface area contributed by atoms with Gasteiger partial charge in [-0.05, 0) is 0 Å². The van der Waals surface area contributed by atoms with Gasteiger partial charge in [-0.1, -0.05) is 6.92 Å². The first-order chi connectivity index (χ1) is 2.89. The molecule has 0 nitrogen and oxygen atoms in total. The molecule has 0 aromatic rings. The van der Waals surface area contributed by atoms with Crippen LogP contribution in [0.5, 0.6) is 0 Å². The van der Waals surface area contributed by atoms with E-state index in [0.717, 1.165) is 6.42 Å². The van der Waals surface area contributed by atoms with Crippen LogP contribution in [0.4, 0.5) is 0 Å². The molecule has 1 rings (SSSR count). The summed E-state index contributed by atoms with van der Waals surface area (Å²) in [4.78, 5) is 0. The van der Waals surface area contributed by atoms with Gasteiger partial charge in [-0.2, -0.15) is 6.08 Å². The summed E-state index contributed by atoms with van der Waals surface area (Å²) < 4.78 is 0. The van der Waals surface area contributed by atoms with E-state index in [-0.39, 0.29) is 20.4 Å². The van der Waals surface area contributed by atoms with Crippen molar-refractivity contribution in [3.63, 3.8) is 0 Å². The van der Waals surface area contributed by atoms with Crippen molar-refractivity contribution in [1.29, 1.82) is 0 Å². The molecule has 1 aliphatic rings. The fraction of sp³-hybridized carbons (Fsp3) is 0.333. The molecule has 1 heteroatoms. The van der Waals surface area contributed by atoms with Crippen LogP contribution in [0.25, 0.3) is 0 Å². The minimum atomic E-state index is 0.